The van der Waals surface area contributed by atoms with Gasteiger partial charge in [-0.15, -0.1) is 0 Å². The Morgan fingerprint density at radius 2 is 2.19 bits per heavy atom. The third-order valence-electron chi connectivity index (χ3n) is 3.62. The smallest absolute Gasteiger partial charge is 0.409 e. The number of likely N-dealkylation sites (tertiary alicyclic amines) is 1. The summed E-state index contributed by atoms with van der Waals surface area (Å²) in [5.74, 6) is -0.327. The van der Waals surface area contributed by atoms with E-state index in [2.05, 4.69) is 5.32 Å². The first-order chi connectivity index (χ1) is 10.1. The maximum absolute atomic E-state index is 13.0. The van der Waals surface area contributed by atoms with Gasteiger partial charge in [-0.3, -0.25) is 0 Å². The van der Waals surface area contributed by atoms with Crippen molar-refractivity contribution in [3.63, 3.8) is 0 Å². The minimum absolute atomic E-state index is 0.238. The molecule has 0 aromatic heterocycles. The monoisotopic (exact) mass is 314 g/mol. The van der Waals surface area contributed by atoms with Crippen molar-refractivity contribution in [3.8, 4) is 0 Å². The molecule has 0 saturated carbocycles. The van der Waals surface area contributed by atoms with Gasteiger partial charge in [0.15, 0.2) is 0 Å². The zero-order valence-electron chi connectivity index (χ0n) is 12.1. The van der Waals surface area contributed by atoms with Crippen molar-refractivity contribution in [2.75, 3.05) is 19.7 Å². The molecule has 1 aromatic carbocycles. The third kappa shape index (κ3) is 4.58. The van der Waals surface area contributed by atoms with E-state index in [4.69, 9.17) is 16.3 Å². The molecule has 0 aliphatic carbocycles. The predicted molar refractivity (Wildman–Crippen MR) is 79.9 cm³/mol. The second kappa shape index (κ2) is 7.61. The van der Waals surface area contributed by atoms with Crippen LogP contribution in [-0.2, 0) is 11.3 Å². The number of rotatable bonds is 4. The number of carbonyl (C=O) groups is 1. The topological polar surface area (TPSA) is 41.6 Å². The number of hydrogen-bond acceptors (Lipinski definition) is 3. The molecule has 116 valence electrons. The number of nitrogens with one attached hydrogen (secondary N) is 1. The molecule has 1 aromatic rings. The minimum Gasteiger partial charge on any atom is -0.450 e. The highest BCUT2D eigenvalue weighted by molar-refractivity contribution is 6.31. The summed E-state index contributed by atoms with van der Waals surface area (Å²) in [7, 11) is 0. The molecule has 1 saturated heterocycles. The molecule has 1 amide bonds. The molecule has 1 heterocycles. The standard InChI is InChI=1S/C15H20ClFN2O2/c1-2-21-15(20)19-7-5-13(6-8-19)18-10-11-3-4-12(17)9-14(11)16/h3-4,9,13,18H,2,5-8,10H2,1H3. The number of nitrogens with zero attached hydrogens (tertiary/aromatic N) is 1. The molecule has 0 bridgehead atoms. The SMILES string of the molecule is CCOC(=O)N1CCC(NCc2ccc(F)cc2Cl)CC1. The van der Waals surface area contributed by atoms with Gasteiger partial charge in [-0.05, 0) is 37.5 Å². The summed E-state index contributed by atoms with van der Waals surface area (Å²) >= 11 is 6.00. The van der Waals surface area contributed by atoms with Gasteiger partial charge in [0.2, 0.25) is 0 Å². The summed E-state index contributed by atoms with van der Waals surface area (Å²) in [4.78, 5) is 13.3. The molecule has 21 heavy (non-hydrogen) atoms. The Labute approximate surface area is 129 Å². The third-order valence-corrected chi connectivity index (χ3v) is 3.97. The lowest BCUT2D eigenvalue weighted by atomic mass is 10.0. The molecule has 1 N–H and O–H groups in total. The number of carbonyl (C=O) groups excluding carboxylic acids is 1. The normalized spacial score (nSPS) is 16.0. The van der Waals surface area contributed by atoms with Crippen molar-refractivity contribution in [3.05, 3.63) is 34.6 Å². The van der Waals surface area contributed by atoms with Crippen LogP contribution in [0.4, 0.5) is 9.18 Å². The van der Waals surface area contributed by atoms with Gasteiger partial charge in [0, 0.05) is 30.7 Å². The predicted octanol–water partition coefficient (Wildman–Crippen LogP) is 3.19. The Hall–Kier alpha value is -1.33. The van der Waals surface area contributed by atoms with Crippen molar-refractivity contribution in [1.82, 2.24) is 10.2 Å². The highest BCUT2D eigenvalue weighted by atomic mass is 35.5. The van der Waals surface area contributed by atoms with Crippen LogP contribution in [0.5, 0.6) is 0 Å². The molecule has 0 unspecified atom stereocenters. The number of hydrogen-bond donors (Lipinski definition) is 1. The Morgan fingerprint density at radius 3 is 2.81 bits per heavy atom. The van der Waals surface area contributed by atoms with Crippen LogP contribution < -0.4 is 5.32 Å². The fraction of sp³-hybridized carbons (Fsp3) is 0.533. The first kappa shape index (κ1) is 16.0. The summed E-state index contributed by atoms with van der Waals surface area (Å²) in [5, 5.41) is 3.84. The van der Waals surface area contributed by atoms with Crippen molar-refractivity contribution < 1.29 is 13.9 Å². The van der Waals surface area contributed by atoms with Crippen LogP contribution in [0.25, 0.3) is 0 Å². The minimum atomic E-state index is -0.327. The average molecular weight is 315 g/mol. The van der Waals surface area contributed by atoms with E-state index in [1.54, 1.807) is 17.9 Å². The molecular formula is C15H20ClFN2O2. The number of ether oxygens (including phenoxy) is 1. The second-order valence-electron chi connectivity index (χ2n) is 5.08. The van der Waals surface area contributed by atoms with Gasteiger partial charge in [-0.2, -0.15) is 0 Å². The van der Waals surface area contributed by atoms with E-state index in [1.165, 1.54) is 12.1 Å². The van der Waals surface area contributed by atoms with E-state index in [1.807, 2.05) is 0 Å². The molecule has 4 nitrogen and oxygen atoms in total. The van der Waals surface area contributed by atoms with Gasteiger partial charge < -0.3 is 15.0 Å². The van der Waals surface area contributed by atoms with Gasteiger partial charge >= 0.3 is 6.09 Å². The van der Waals surface area contributed by atoms with Crippen molar-refractivity contribution in [2.45, 2.75) is 32.4 Å². The summed E-state index contributed by atoms with van der Waals surface area (Å²) in [6, 6.07) is 4.75. The van der Waals surface area contributed by atoms with Crippen LogP contribution in [0.1, 0.15) is 25.3 Å². The van der Waals surface area contributed by atoms with Crippen molar-refractivity contribution >= 4 is 17.7 Å². The molecule has 6 heteroatoms. The Bertz CT molecular complexity index is 491. The first-order valence-electron chi connectivity index (χ1n) is 7.19. The molecular weight excluding hydrogens is 295 g/mol. The number of amides is 1. The maximum atomic E-state index is 13.0. The quantitative estimate of drug-likeness (QED) is 0.928. The van der Waals surface area contributed by atoms with E-state index in [0.717, 1.165) is 18.4 Å². The molecule has 1 fully saturated rings. The molecule has 1 aliphatic rings. The molecule has 0 atom stereocenters. The summed E-state index contributed by atoms with van der Waals surface area (Å²) < 4.78 is 18.0. The van der Waals surface area contributed by atoms with E-state index in [9.17, 15) is 9.18 Å². The van der Waals surface area contributed by atoms with E-state index < -0.39 is 0 Å². The van der Waals surface area contributed by atoms with Gasteiger partial charge in [-0.25, -0.2) is 9.18 Å². The van der Waals surface area contributed by atoms with Gasteiger partial charge in [0.25, 0.3) is 0 Å². The summed E-state index contributed by atoms with van der Waals surface area (Å²) in [6.45, 7) is 4.18. The number of benzene rings is 1. The molecule has 0 radical (unpaired) electrons. The Morgan fingerprint density at radius 1 is 1.48 bits per heavy atom. The van der Waals surface area contributed by atoms with Crippen LogP contribution >= 0.6 is 11.6 Å². The summed E-state index contributed by atoms with van der Waals surface area (Å²) in [6.07, 6.45) is 1.51. The van der Waals surface area contributed by atoms with Gasteiger partial charge in [0.05, 0.1) is 6.61 Å². The Balaban J connectivity index is 1.77. The van der Waals surface area contributed by atoms with E-state index in [0.29, 0.717) is 37.3 Å². The van der Waals surface area contributed by atoms with Crippen LogP contribution in [-0.4, -0.2) is 36.7 Å². The maximum Gasteiger partial charge on any atom is 0.409 e. The second-order valence-corrected chi connectivity index (χ2v) is 5.48. The number of halogens is 2. The lowest BCUT2D eigenvalue weighted by molar-refractivity contribution is 0.0950. The van der Waals surface area contributed by atoms with Crippen molar-refractivity contribution in [1.29, 1.82) is 0 Å². The van der Waals surface area contributed by atoms with Crippen LogP contribution in [0.3, 0.4) is 0 Å². The molecule has 2 rings (SSSR count). The summed E-state index contributed by atoms with van der Waals surface area (Å²) in [5.41, 5.74) is 0.880. The molecule has 1 aliphatic heterocycles. The van der Waals surface area contributed by atoms with Crippen LogP contribution in [0.15, 0.2) is 18.2 Å². The highest BCUT2D eigenvalue weighted by Crippen LogP contribution is 2.18. The van der Waals surface area contributed by atoms with E-state index >= 15 is 0 Å². The van der Waals surface area contributed by atoms with Crippen molar-refractivity contribution in [2.24, 2.45) is 0 Å². The first-order valence-corrected chi connectivity index (χ1v) is 7.57. The largest absolute Gasteiger partial charge is 0.450 e. The lowest BCUT2D eigenvalue weighted by Gasteiger charge is -2.31. The fourth-order valence-corrected chi connectivity index (χ4v) is 2.63. The van der Waals surface area contributed by atoms with E-state index in [-0.39, 0.29) is 11.9 Å². The van der Waals surface area contributed by atoms with Crippen LogP contribution in [0, 0.1) is 5.82 Å². The highest BCUT2D eigenvalue weighted by Gasteiger charge is 2.23. The fourth-order valence-electron chi connectivity index (χ4n) is 2.40. The lowest BCUT2D eigenvalue weighted by Crippen LogP contribution is -2.44. The number of piperidine rings is 1. The zero-order chi connectivity index (χ0) is 15.2. The average Bonchev–Trinajstić information content (AvgIpc) is 2.47. The Kier molecular flexibility index (Phi) is 5.82. The van der Waals surface area contributed by atoms with Gasteiger partial charge in [-0.1, -0.05) is 17.7 Å². The molecule has 0 spiro atoms. The zero-order valence-corrected chi connectivity index (χ0v) is 12.8. The van der Waals surface area contributed by atoms with Gasteiger partial charge in [0.1, 0.15) is 5.82 Å². The van der Waals surface area contributed by atoms with Crippen LogP contribution in [0.2, 0.25) is 5.02 Å².